The second-order valence-electron chi connectivity index (χ2n) is 4.52. The zero-order valence-electron chi connectivity index (χ0n) is 11.1. The number of H-pyrrole nitrogens is 1. The summed E-state index contributed by atoms with van der Waals surface area (Å²) in [5, 5.41) is 9.01. The van der Waals surface area contributed by atoms with Gasteiger partial charge >= 0.3 is 5.97 Å². The molecule has 0 spiro atoms. The Bertz CT molecular complexity index is 607. The van der Waals surface area contributed by atoms with Gasteiger partial charge in [-0.25, -0.2) is 4.79 Å². The molecule has 2 aromatic rings. The lowest BCUT2D eigenvalue weighted by Gasteiger charge is -2.05. The highest BCUT2D eigenvalue weighted by molar-refractivity contribution is 14.1. The second-order valence-corrected chi connectivity index (χ2v) is 5.14. The van der Waals surface area contributed by atoms with Gasteiger partial charge in [0.15, 0.2) is 0 Å². The molecule has 1 aromatic carbocycles. The lowest BCUT2D eigenvalue weighted by Crippen LogP contribution is -1.99. The molecule has 2 rings (SSSR count). The number of aromatic amines is 1. The Hall–Kier alpha value is -1.50. The molecular formula is C15H16INO3. The maximum atomic E-state index is 11.0. The summed E-state index contributed by atoms with van der Waals surface area (Å²) >= 11 is 2.16. The summed E-state index contributed by atoms with van der Waals surface area (Å²) in [6, 6.07) is 7.99. The molecule has 0 atom stereocenters. The number of hydrogen-bond donors (Lipinski definition) is 2. The Morgan fingerprint density at radius 2 is 2.20 bits per heavy atom. The predicted molar refractivity (Wildman–Crippen MR) is 85.9 cm³/mol. The van der Waals surface area contributed by atoms with Crippen LogP contribution in [0, 0.1) is 6.92 Å². The number of nitrogens with one attached hydrogen (secondary N) is 1. The Morgan fingerprint density at radius 1 is 1.40 bits per heavy atom. The Morgan fingerprint density at radius 3 is 2.85 bits per heavy atom. The molecule has 1 heterocycles. The number of aromatic nitrogens is 1. The summed E-state index contributed by atoms with van der Waals surface area (Å²) < 4.78 is 6.09. The van der Waals surface area contributed by atoms with E-state index in [1.54, 1.807) is 6.20 Å². The topological polar surface area (TPSA) is 62.3 Å². The van der Waals surface area contributed by atoms with E-state index in [9.17, 15) is 4.79 Å². The van der Waals surface area contributed by atoms with Crippen molar-refractivity contribution in [2.75, 3.05) is 4.61 Å². The summed E-state index contributed by atoms with van der Waals surface area (Å²) in [4.78, 5) is 13.8. The van der Waals surface area contributed by atoms with Crippen LogP contribution < -0.4 is 4.74 Å². The Labute approximate surface area is 131 Å². The fourth-order valence-electron chi connectivity index (χ4n) is 2.15. The first-order valence-corrected chi connectivity index (χ1v) is 7.82. The molecule has 0 radical (unpaired) electrons. The lowest BCUT2D eigenvalue weighted by molar-refractivity contribution is 0.0690. The zero-order chi connectivity index (χ0) is 14.5. The number of aromatic carboxylic acids is 1. The SMILES string of the molecule is Cc1c(CCc2cccc(OCI)c2)c[nH]c1C(=O)O. The first-order chi connectivity index (χ1) is 9.61. The molecule has 0 aliphatic rings. The highest BCUT2D eigenvalue weighted by Crippen LogP contribution is 2.18. The monoisotopic (exact) mass is 385 g/mol. The first kappa shape index (κ1) is 14.9. The van der Waals surface area contributed by atoms with Crippen LogP contribution in [0.2, 0.25) is 0 Å². The molecule has 20 heavy (non-hydrogen) atoms. The van der Waals surface area contributed by atoms with Gasteiger partial charge < -0.3 is 14.8 Å². The number of carbonyl (C=O) groups is 1. The number of benzene rings is 1. The van der Waals surface area contributed by atoms with Gasteiger partial charge in [0.2, 0.25) is 0 Å². The van der Waals surface area contributed by atoms with E-state index in [0.717, 1.165) is 29.7 Å². The van der Waals surface area contributed by atoms with Gasteiger partial charge in [-0.2, -0.15) is 0 Å². The molecule has 0 aliphatic carbocycles. The van der Waals surface area contributed by atoms with Crippen LogP contribution in [0.1, 0.15) is 27.2 Å². The number of alkyl halides is 1. The zero-order valence-corrected chi connectivity index (χ0v) is 13.3. The van der Waals surface area contributed by atoms with Crippen molar-refractivity contribution in [1.82, 2.24) is 4.98 Å². The van der Waals surface area contributed by atoms with E-state index >= 15 is 0 Å². The summed E-state index contributed by atoms with van der Waals surface area (Å²) in [5.41, 5.74) is 3.33. The molecule has 0 aliphatic heterocycles. The number of carboxylic acids is 1. The maximum absolute atomic E-state index is 11.0. The van der Waals surface area contributed by atoms with E-state index < -0.39 is 5.97 Å². The van der Waals surface area contributed by atoms with Crippen molar-refractivity contribution in [3.63, 3.8) is 0 Å². The summed E-state index contributed by atoms with van der Waals surface area (Å²) in [7, 11) is 0. The Kier molecular flexibility index (Phi) is 5.05. The van der Waals surface area contributed by atoms with Crippen LogP contribution in [0.15, 0.2) is 30.5 Å². The summed E-state index contributed by atoms with van der Waals surface area (Å²) in [5.74, 6) is -0.0416. The Balaban J connectivity index is 2.05. The van der Waals surface area contributed by atoms with Crippen molar-refractivity contribution in [2.45, 2.75) is 19.8 Å². The first-order valence-electron chi connectivity index (χ1n) is 6.29. The largest absolute Gasteiger partial charge is 0.483 e. The minimum Gasteiger partial charge on any atom is -0.483 e. The van der Waals surface area contributed by atoms with Gasteiger partial charge in [0.05, 0.1) is 0 Å². The molecule has 106 valence electrons. The van der Waals surface area contributed by atoms with E-state index in [1.165, 1.54) is 5.56 Å². The van der Waals surface area contributed by atoms with Gasteiger partial charge in [-0.1, -0.05) is 12.1 Å². The van der Waals surface area contributed by atoms with Crippen LogP contribution in [0.25, 0.3) is 0 Å². The number of hydrogen-bond acceptors (Lipinski definition) is 2. The second kappa shape index (κ2) is 6.78. The molecular weight excluding hydrogens is 369 g/mol. The van der Waals surface area contributed by atoms with Crippen molar-refractivity contribution in [2.24, 2.45) is 0 Å². The third-order valence-corrected chi connectivity index (χ3v) is 3.58. The van der Waals surface area contributed by atoms with E-state index in [-0.39, 0.29) is 5.69 Å². The molecule has 0 fully saturated rings. The normalized spacial score (nSPS) is 10.5. The molecule has 0 amide bonds. The molecule has 0 saturated heterocycles. The molecule has 0 bridgehead atoms. The standard InChI is InChI=1S/C15H16INO3/c1-10-12(8-17-14(10)15(18)19)6-5-11-3-2-4-13(7-11)20-9-16/h2-4,7-8,17H,5-6,9H2,1H3,(H,18,19). The maximum Gasteiger partial charge on any atom is 0.352 e. The van der Waals surface area contributed by atoms with Gasteiger partial charge in [-0.05, 0) is 71.2 Å². The molecule has 5 heteroatoms. The fourth-order valence-corrected chi connectivity index (χ4v) is 2.51. The van der Waals surface area contributed by atoms with Gasteiger partial charge in [0.1, 0.15) is 16.1 Å². The number of carboxylic acid groups (broad SMARTS) is 1. The molecule has 0 unspecified atom stereocenters. The predicted octanol–water partition coefficient (Wildman–Crippen LogP) is 3.58. The van der Waals surface area contributed by atoms with Crippen molar-refractivity contribution < 1.29 is 14.6 Å². The third-order valence-electron chi connectivity index (χ3n) is 3.26. The number of halogens is 1. The van der Waals surface area contributed by atoms with Crippen LogP contribution in [0.5, 0.6) is 5.75 Å². The molecule has 4 nitrogen and oxygen atoms in total. The lowest BCUT2D eigenvalue weighted by atomic mass is 10.0. The fraction of sp³-hybridized carbons (Fsp3) is 0.267. The third kappa shape index (κ3) is 3.53. The van der Waals surface area contributed by atoms with E-state index in [0.29, 0.717) is 4.61 Å². The van der Waals surface area contributed by atoms with Crippen molar-refractivity contribution in [3.05, 3.63) is 52.8 Å². The smallest absolute Gasteiger partial charge is 0.352 e. The van der Waals surface area contributed by atoms with Gasteiger partial charge in [0, 0.05) is 6.20 Å². The van der Waals surface area contributed by atoms with Gasteiger partial charge in [-0.15, -0.1) is 0 Å². The van der Waals surface area contributed by atoms with E-state index in [2.05, 4.69) is 33.6 Å². The van der Waals surface area contributed by atoms with Crippen LogP contribution in [-0.2, 0) is 12.8 Å². The average Bonchev–Trinajstić information content (AvgIpc) is 2.79. The number of ether oxygens (including phenoxy) is 1. The molecule has 1 aromatic heterocycles. The van der Waals surface area contributed by atoms with E-state index in [1.807, 2.05) is 25.1 Å². The number of aryl methyl sites for hydroxylation is 2. The van der Waals surface area contributed by atoms with Crippen LogP contribution >= 0.6 is 22.6 Å². The van der Waals surface area contributed by atoms with Crippen molar-refractivity contribution >= 4 is 28.6 Å². The van der Waals surface area contributed by atoms with Gasteiger partial charge in [0.25, 0.3) is 0 Å². The van der Waals surface area contributed by atoms with E-state index in [4.69, 9.17) is 9.84 Å². The van der Waals surface area contributed by atoms with Crippen LogP contribution in [-0.4, -0.2) is 20.7 Å². The molecule has 2 N–H and O–H groups in total. The minimum atomic E-state index is -0.911. The van der Waals surface area contributed by atoms with Crippen LogP contribution in [0.3, 0.4) is 0 Å². The summed E-state index contributed by atoms with van der Waals surface area (Å²) in [6.45, 7) is 1.84. The van der Waals surface area contributed by atoms with Crippen LogP contribution in [0.4, 0.5) is 0 Å². The summed E-state index contributed by atoms with van der Waals surface area (Å²) in [6.07, 6.45) is 3.45. The quantitative estimate of drug-likeness (QED) is 0.590. The van der Waals surface area contributed by atoms with Crippen molar-refractivity contribution in [3.8, 4) is 5.75 Å². The minimum absolute atomic E-state index is 0.280. The average molecular weight is 385 g/mol. The van der Waals surface area contributed by atoms with Crippen molar-refractivity contribution in [1.29, 1.82) is 0 Å². The van der Waals surface area contributed by atoms with Gasteiger partial charge in [-0.3, -0.25) is 0 Å². The molecule has 0 saturated carbocycles. The highest BCUT2D eigenvalue weighted by Gasteiger charge is 2.12. The highest BCUT2D eigenvalue weighted by atomic mass is 127. The number of rotatable bonds is 6.